The summed E-state index contributed by atoms with van der Waals surface area (Å²) in [5, 5.41) is 0. The summed E-state index contributed by atoms with van der Waals surface area (Å²) in [5.41, 5.74) is 0. The lowest BCUT2D eigenvalue weighted by atomic mass is 10.3. The third-order valence-electron chi connectivity index (χ3n) is 1.94. The van der Waals surface area contributed by atoms with Gasteiger partial charge in [-0.25, -0.2) is 0 Å². The quantitative estimate of drug-likeness (QED) is 0.835. The van der Waals surface area contributed by atoms with Crippen LogP contribution in [-0.4, -0.2) is 15.7 Å². The van der Waals surface area contributed by atoms with E-state index in [1.807, 2.05) is 24.3 Å². The normalized spacial score (nSPS) is 12.4. The summed E-state index contributed by atoms with van der Waals surface area (Å²) in [6, 6.07) is 7.43. The zero-order chi connectivity index (χ0) is 11.3. The van der Waals surface area contributed by atoms with Gasteiger partial charge < -0.3 is 4.79 Å². The Bertz CT molecular complexity index is 359. The zero-order valence-corrected chi connectivity index (χ0v) is 10.9. The molecular weight excluding hydrogens is 276 g/mol. The van der Waals surface area contributed by atoms with Gasteiger partial charge in [-0.2, -0.15) is 0 Å². The molecular formula is C11H13BrO2S. The number of carbonyl (C=O) groups excluding carboxylic acids is 1. The fraction of sp³-hybridized carbons (Fsp3) is 0.364. The minimum Gasteiger partial charge on any atom is -0.300 e. The number of Topliss-reactive ketones (excluding diaryl/α,β-unsaturated/α-hetero) is 1. The van der Waals surface area contributed by atoms with Crippen molar-refractivity contribution < 1.29 is 9.00 Å². The highest BCUT2D eigenvalue weighted by Crippen LogP contribution is 2.14. The molecule has 0 N–H and O–H groups in total. The van der Waals surface area contributed by atoms with Crippen molar-refractivity contribution in [2.24, 2.45) is 0 Å². The first-order chi connectivity index (χ1) is 7.09. The Morgan fingerprint density at radius 2 is 1.93 bits per heavy atom. The first-order valence-corrected chi connectivity index (χ1v) is 6.84. The molecule has 82 valence electrons. The molecule has 0 radical (unpaired) electrons. The number of halogens is 1. The van der Waals surface area contributed by atoms with Crippen molar-refractivity contribution in [1.82, 2.24) is 0 Å². The summed E-state index contributed by atoms with van der Waals surface area (Å²) in [6.07, 6.45) is 1.21. The van der Waals surface area contributed by atoms with E-state index < -0.39 is 10.8 Å². The van der Waals surface area contributed by atoms with Gasteiger partial charge in [0.05, 0.1) is 10.8 Å². The Morgan fingerprint density at radius 3 is 2.47 bits per heavy atom. The lowest BCUT2D eigenvalue weighted by molar-refractivity contribution is -0.117. The van der Waals surface area contributed by atoms with E-state index in [1.54, 1.807) is 6.92 Å². The van der Waals surface area contributed by atoms with Crippen LogP contribution in [0.4, 0.5) is 0 Å². The SMILES string of the molecule is CC(=O)CCCS(=O)c1ccc(Br)cc1. The molecule has 4 heteroatoms. The van der Waals surface area contributed by atoms with Crippen molar-refractivity contribution in [3.63, 3.8) is 0 Å². The van der Waals surface area contributed by atoms with Crippen LogP contribution in [0.1, 0.15) is 19.8 Å². The Hall–Kier alpha value is -0.480. The predicted molar refractivity (Wildman–Crippen MR) is 65.3 cm³/mol. The maximum Gasteiger partial charge on any atom is 0.129 e. The number of carbonyl (C=O) groups is 1. The second-order valence-corrected chi connectivity index (χ2v) is 5.80. The van der Waals surface area contributed by atoms with Gasteiger partial charge in [-0.1, -0.05) is 15.9 Å². The zero-order valence-electron chi connectivity index (χ0n) is 8.53. The summed E-state index contributed by atoms with van der Waals surface area (Å²) in [7, 11) is -0.981. The van der Waals surface area contributed by atoms with Gasteiger partial charge in [0.1, 0.15) is 5.78 Å². The van der Waals surface area contributed by atoms with Gasteiger partial charge in [0.2, 0.25) is 0 Å². The van der Waals surface area contributed by atoms with Gasteiger partial charge in [-0.05, 0) is 37.6 Å². The summed E-state index contributed by atoms with van der Waals surface area (Å²) in [6.45, 7) is 1.56. The highest BCUT2D eigenvalue weighted by molar-refractivity contribution is 9.10. The van der Waals surface area contributed by atoms with Crippen LogP contribution in [0.2, 0.25) is 0 Å². The molecule has 1 aromatic rings. The molecule has 0 aliphatic rings. The Labute approximate surface area is 101 Å². The first kappa shape index (κ1) is 12.6. The van der Waals surface area contributed by atoms with E-state index in [9.17, 15) is 9.00 Å². The fourth-order valence-corrected chi connectivity index (χ4v) is 2.50. The number of rotatable bonds is 5. The molecule has 1 unspecified atom stereocenters. The monoisotopic (exact) mass is 288 g/mol. The fourth-order valence-electron chi connectivity index (χ4n) is 1.16. The number of hydrogen-bond acceptors (Lipinski definition) is 2. The number of benzene rings is 1. The molecule has 0 bridgehead atoms. The molecule has 0 aromatic heterocycles. The van der Waals surface area contributed by atoms with E-state index in [2.05, 4.69) is 15.9 Å². The second-order valence-electron chi connectivity index (χ2n) is 3.31. The minimum atomic E-state index is -0.981. The minimum absolute atomic E-state index is 0.155. The van der Waals surface area contributed by atoms with Gasteiger partial charge in [0, 0.05) is 21.5 Å². The van der Waals surface area contributed by atoms with Gasteiger partial charge in [0.25, 0.3) is 0 Å². The molecule has 0 aliphatic heterocycles. The Kier molecular flexibility index (Phi) is 5.19. The van der Waals surface area contributed by atoms with E-state index in [0.29, 0.717) is 18.6 Å². The average molecular weight is 289 g/mol. The maximum atomic E-state index is 11.7. The van der Waals surface area contributed by atoms with Crippen LogP contribution in [0, 0.1) is 0 Å². The molecule has 1 rings (SSSR count). The van der Waals surface area contributed by atoms with Crippen molar-refractivity contribution in [2.75, 3.05) is 5.75 Å². The third kappa shape index (κ3) is 4.71. The molecule has 0 fully saturated rings. The van der Waals surface area contributed by atoms with Gasteiger partial charge in [-0.3, -0.25) is 4.21 Å². The molecule has 2 nitrogen and oxygen atoms in total. The van der Waals surface area contributed by atoms with Crippen LogP contribution >= 0.6 is 15.9 Å². The van der Waals surface area contributed by atoms with Crippen LogP contribution in [0.3, 0.4) is 0 Å². The Balaban J connectivity index is 2.47. The summed E-state index contributed by atoms with van der Waals surface area (Å²) >= 11 is 3.32. The molecule has 0 aliphatic carbocycles. The molecule has 0 heterocycles. The number of ketones is 1. The molecule has 0 saturated heterocycles. The van der Waals surface area contributed by atoms with Crippen LogP contribution < -0.4 is 0 Å². The lowest BCUT2D eigenvalue weighted by Crippen LogP contribution is -2.00. The summed E-state index contributed by atoms with van der Waals surface area (Å²) < 4.78 is 12.7. The van der Waals surface area contributed by atoms with Crippen molar-refractivity contribution in [3.8, 4) is 0 Å². The van der Waals surface area contributed by atoms with Crippen LogP contribution in [0.15, 0.2) is 33.6 Å². The van der Waals surface area contributed by atoms with Gasteiger partial charge in [0.15, 0.2) is 0 Å². The van der Waals surface area contributed by atoms with Crippen molar-refractivity contribution >= 4 is 32.5 Å². The van der Waals surface area contributed by atoms with E-state index in [-0.39, 0.29) is 5.78 Å². The molecule has 0 spiro atoms. The second kappa shape index (κ2) is 6.18. The maximum absolute atomic E-state index is 11.7. The summed E-state index contributed by atoms with van der Waals surface area (Å²) in [4.78, 5) is 11.5. The first-order valence-electron chi connectivity index (χ1n) is 4.73. The van der Waals surface area contributed by atoms with Crippen LogP contribution in [0.25, 0.3) is 0 Å². The Morgan fingerprint density at radius 1 is 1.33 bits per heavy atom. The van der Waals surface area contributed by atoms with Crippen molar-refractivity contribution in [1.29, 1.82) is 0 Å². The molecule has 15 heavy (non-hydrogen) atoms. The number of hydrogen-bond donors (Lipinski definition) is 0. The van der Waals surface area contributed by atoms with Crippen LogP contribution in [0.5, 0.6) is 0 Å². The average Bonchev–Trinajstić information content (AvgIpc) is 2.18. The van der Waals surface area contributed by atoms with E-state index >= 15 is 0 Å². The predicted octanol–water partition coefficient (Wildman–Crippen LogP) is 2.93. The van der Waals surface area contributed by atoms with Gasteiger partial charge in [-0.15, -0.1) is 0 Å². The molecule has 1 atom stereocenters. The third-order valence-corrected chi connectivity index (χ3v) is 3.92. The van der Waals surface area contributed by atoms with Crippen LogP contribution in [-0.2, 0) is 15.6 Å². The molecule has 0 amide bonds. The lowest BCUT2D eigenvalue weighted by Gasteiger charge is -2.01. The molecule has 0 saturated carbocycles. The van der Waals surface area contributed by atoms with Crippen molar-refractivity contribution in [2.45, 2.75) is 24.7 Å². The molecule has 1 aromatic carbocycles. The standard InChI is InChI=1S/C11H13BrO2S/c1-9(13)3-2-8-15(14)11-6-4-10(12)5-7-11/h4-7H,2-3,8H2,1H3. The largest absolute Gasteiger partial charge is 0.300 e. The topological polar surface area (TPSA) is 34.1 Å². The van der Waals surface area contributed by atoms with E-state index in [1.165, 1.54) is 0 Å². The summed E-state index contributed by atoms with van der Waals surface area (Å²) in [5.74, 6) is 0.712. The smallest absolute Gasteiger partial charge is 0.129 e. The van der Waals surface area contributed by atoms with Gasteiger partial charge >= 0.3 is 0 Å². The van der Waals surface area contributed by atoms with Crippen molar-refractivity contribution in [3.05, 3.63) is 28.7 Å². The highest BCUT2D eigenvalue weighted by atomic mass is 79.9. The van der Waals surface area contributed by atoms with E-state index in [0.717, 1.165) is 9.37 Å². The highest BCUT2D eigenvalue weighted by Gasteiger charge is 2.04. The van der Waals surface area contributed by atoms with E-state index in [4.69, 9.17) is 0 Å².